The van der Waals surface area contributed by atoms with Gasteiger partial charge in [0.05, 0.1) is 19.4 Å². The summed E-state index contributed by atoms with van der Waals surface area (Å²) in [7, 11) is -1.80. The molecule has 4 rings (SSSR count). The molecular formula is C29H30OP+. The first-order valence-corrected chi connectivity index (χ1v) is 12.9. The fourth-order valence-corrected chi connectivity index (χ4v) is 8.89. The van der Waals surface area contributed by atoms with Crippen LogP contribution in [0.15, 0.2) is 121 Å². The zero-order valence-corrected chi connectivity index (χ0v) is 19.0. The Morgan fingerprint density at radius 1 is 0.581 bits per heavy atom. The second-order valence-electron chi connectivity index (χ2n) is 8.10. The number of hydrogen-bond acceptors (Lipinski definition) is 1. The highest BCUT2D eigenvalue weighted by molar-refractivity contribution is 7.95. The molecular weight excluding hydrogens is 395 g/mol. The van der Waals surface area contributed by atoms with Crippen molar-refractivity contribution in [3.8, 4) is 0 Å². The third-order valence-corrected chi connectivity index (χ3v) is 10.4. The van der Waals surface area contributed by atoms with Crippen LogP contribution >= 0.6 is 7.26 Å². The second kappa shape index (κ2) is 10.5. The van der Waals surface area contributed by atoms with Crippen molar-refractivity contribution < 1.29 is 4.74 Å². The van der Waals surface area contributed by atoms with Crippen molar-refractivity contribution in [1.82, 2.24) is 0 Å². The monoisotopic (exact) mass is 425 g/mol. The highest BCUT2D eigenvalue weighted by Crippen LogP contribution is 2.56. The number of benzene rings is 4. The Bertz CT molecular complexity index is 936. The number of hydrogen-bond donors (Lipinski definition) is 0. The Morgan fingerprint density at radius 3 is 1.39 bits per heavy atom. The Hall–Kier alpha value is -2.73. The van der Waals surface area contributed by atoms with E-state index in [4.69, 9.17) is 4.74 Å². The third-order valence-electron chi connectivity index (χ3n) is 5.69. The van der Waals surface area contributed by atoms with Crippen LogP contribution in [0.2, 0.25) is 0 Å². The van der Waals surface area contributed by atoms with E-state index in [0.717, 1.165) is 12.8 Å². The minimum Gasteiger partial charge on any atom is -0.376 e. The van der Waals surface area contributed by atoms with E-state index >= 15 is 0 Å². The fraction of sp³-hybridized carbons (Fsp3) is 0.172. The van der Waals surface area contributed by atoms with Crippen LogP contribution in [0.25, 0.3) is 0 Å². The molecule has 156 valence electrons. The molecule has 1 atom stereocenters. The van der Waals surface area contributed by atoms with Crippen molar-refractivity contribution in [3.05, 3.63) is 127 Å². The van der Waals surface area contributed by atoms with E-state index in [9.17, 15) is 0 Å². The molecule has 0 amide bonds. The molecule has 1 nitrogen and oxygen atoms in total. The molecule has 0 N–H and O–H groups in total. The summed E-state index contributed by atoms with van der Waals surface area (Å²) in [5.41, 5.74) is 1.23. The lowest BCUT2D eigenvalue weighted by Gasteiger charge is -2.30. The molecule has 1 unspecified atom stereocenters. The maximum absolute atomic E-state index is 6.15. The SMILES string of the molecule is CC(COCc1ccccc1)C[P+](c1ccccc1)(c1ccccc1)c1ccccc1. The van der Waals surface area contributed by atoms with Gasteiger partial charge in [-0.1, -0.05) is 91.9 Å². The molecule has 0 aliphatic heterocycles. The molecule has 0 aromatic heterocycles. The van der Waals surface area contributed by atoms with Crippen molar-refractivity contribution in [2.75, 3.05) is 12.8 Å². The predicted molar refractivity (Wildman–Crippen MR) is 135 cm³/mol. The Balaban J connectivity index is 1.66. The lowest BCUT2D eigenvalue weighted by molar-refractivity contribution is 0.0980. The number of ether oxygens (including phenoxy) is 1. The van der Waals surface area contributed by atoms with E-state index < -0.39 is 7.26 Å². The summed E-state index contributed by atoms with van der Waals surface area (Å²) in [6.45, 7) is 3.75. The van der Waals surface area contributed by atoms with Crippen LogP contribution in [-0.4, -0.2) is 12.8 Å². The molecule has 0 aliphatic carbocycles. The lowest BCUT2D eigenvalue weighted by atomic mass is 10.2. The van der Waals surface area contributed by atoms with Crippen molar-refractivity contribution in [2.45, 2.75) is 13.5 Å². The first-order valence-electron chi connectivity index (χ1n) is 11.0. The molecule has 0 saturated carbocycles. The molecule has 4 aromatic rings. The highest BCUT2D eigenvalue weighted by atomic mass is 31.2. The summed E-state index contributed by atoms with van der Waals surface area (Å²) in [6, 6.07) is 43.7. The minimum atomic E-state index is -1.80. The third kappa shape index (κ3) is 5.13. The molecule has 4 aromatic carbocycles. The van der Waals surface area contributed by atoms with Gasteiger partial charge >= 0.3 is 0 Å². The van der Waals surface area contributed by atoms with Crippen molar-refractivity contribution >= 4 is 23.2 Å². The Kier molecular flexibility index (Phi) is 7.30. The van der Waals surface area contributed by atoms with Crippen molar-refractivity contribution in [1.29, 1.82) is 0 Å². The molecule has 2 heteroatoms. The van der Waals surface area contributed by atoms with Gasteiger partial charge in [-0.2, -0.15) is 0 Å². The normalized spacial score (nSPS) is 12.4. The molecule has 0 heterocycles. The van der Waals surface area contributed by atoms with Gasteiger partial charge in [0.2, 0.25) is 0 Å². The molecule has 0 fully saturated rings. The second-order valence-corrected chi connectivity index (χ2v) is 11.6. The van der Waals surface area contributed by atoms with Gasteiger partial charge in [0.15, 0.2) is 0 Å². The topological polar surface area (TPSA) is 9.23 Å². The summed E-state index contributed by atoms with van der Waals surface area (Å²) in [6.07, 6.45) is 1.08. The van der Waals surface area contributed by atoms with Gasteiger partial charge in [0.25, 0.3) is 0 Å². The van der Waals surface area contributed by atoms with Gasteiger partial charge in [-0.15, -0.1) is 0 Å². The molecule has 0 spiro atoms. The fourth-order valence-electron chi connectivity index (χ4n) is 4.28. The molecule has 0 bridgehead atoms. The summed E-state index contributed by atoms with van der Waals surface area (Å²) in [5, 5.41) is 4.30. The van der Waals surface area contributed by atoms with E-state index in [2.05, 4.69) is 122 Å². The van der Waals surface area contributed by atoms with Gasteiger partial charge < -0.3 is 4.74 Å². The van der Waals surface area contributed by atoms with E-state index in [0.29, 0.717) is 12.5 Å². The quantitative estimate of drug-likeness (QED) is 0.307. The van der Waals surface area contributed by atoms with Crippen LogP contribution in [0, 0.1) is 5.92 Å². The van der Waals surface area contributed by atoms with Crippen molar-refractivity contribution in [3.63, 3.8) is 0 Å². The van der Waals surface area contributed by atoms with E-state index in [1.54, 1.807) is 0 Å². The van der Waals surface area contributed by atoms with Gasteiger partial charge in [0.1, 0.15) is 23.2 Å². The largest absolute Gasteiger partial charge is 0.376 e. The lowest BCUT2D eigenvalue weighted by Crippen LogP contribution is -2.35. The van der Waals surface area contributed by atoms with Crippen molar-refractivity contribution in [2.24, 2.45) is 5.92 Å². The number of rotatable bonds is 9. The molecule has 0 aliphatic rings. The minimum absolute atomic E-state index is 0.428. The van der Waals surface area contributed by atoms with Crippen LogP contribution in [0.3, 0.4) is 0 Å². The average molecular weight is 426 g/mol. The molecule has 0 saturated heterocycles. The average Bonchev–Trinajstić information content (AvgIpc) is 2.85. The molecule has 0 radical (unpaired) electrons. The van der Waals surface area contributed by atoms with E-state index in [1.165, 1.54) is 21.5 Å². The maximum atomic E-state index is 6.15. The smallest absolute Gasteiger partial charge is 0.112 e. The first-order chi connectivity index (χ1) is 15.3. The molecule has 31 heavy (non-hydrogen) atoms. The van der Waals surface area contributed by atoms with E-state index in [-0.39, 0.29) is 0 Å². The van der Waals surface area contributed by atoms with E-state index in [1.807, 2.05) is 6.07 Å². The van der Waals surface area contributed by atoms with Gasteiger partial charge in [-0.3, -0.25) is 0 Å². The standard InChI is InChI=1S/C29H30OP/c1-25(22-30-23-26-14-6-2-7-15-26)24-31(27-16-8-3-9-17-27,28-18-10-4-11-19-28)29-20-12-5-13-21-29/h2-21,25H,22-24H2,1H3/q+1. The summed E-state index contributed by atoms with van der Waals surface area (Å²) in [4.78, 5) is 0. The van der Waals surface area contributed by atoms with Crippen LogP contribution < -0.4 is 15.9 Å². The van der Waals surface area contributed by atoms with Gasteiger partial charge in [0, 0.05) is 5.92 Å². The van der Waals surface area contributed by atoms with Gasteiger partial charge in [-0.25, -0.2) is 0 Å². The van der Waals surface area contributed by atoms with Gasteiger partial charge in [-0.05, 0) is 42.0 Å². The van der Waals surface area contributed by atoms with Crippen LogP contribution in [0.5, 0.6) is 0 Å². The van der Waals surface area contributed by atoms with Crippen LogP contribution in [0.4, 0.5) is 0 Å². The highest BCUT2D eigenvalue weighted by Gasteiger charge is 2.46. The Labute approximate surface area is 187 Å². The Morgan fingerprint density at radius 2 is 0.968 bits per heavy atom. The zero-order chi connectivity index (χ0) is 21.4. The van der Waals surface area contributed by atoms with Crippen LogP contribution in [-0.2, 0) is 11.3 Å². The van der Waals surface area contributed by atoms with Crippen LogP contribution in [0.1, 0.15) is 12.5 Å². The maximum Gasteiger partial charge on any atom is 0.112 e. The zero-order valence-electron chi connectivity index (χ0n) is 18.1. The summed E-state index contributed by atoms with van der Waals surface area (Å²) >= 11 is 0. The predicted octanol–water partition coefficient (Wildman–Crippen LogP) is 5.83. The first kappa shape index (κ1) is 21.5. The summed E-state index contributed by atoms with van der Waals surface area (Å²) in [5.74, 6) is 0.428. The summed E-state index contributed by atoms with van der Waals surface area (Å²) < 4.78 is 6.15.